The van der Waals surface area contributed by atoms with E-state index in [0.29, 0.717) is 33.3 Å². The van der Waals surface area contributed by atoms with E-state index in [1.54, 1.807) is 13.0 Å². The molecule has 28 heavy (non-hydrogen) atoms. The van der Waals surface area contributed by atoms with Crippen LogP contribution in [0.15, 0.2) is 36.4 Å². The molecule has 3 aromatic rings. The number of unbranched alkanes of at least 4 members (excludes halogenated alkanes) is 1. The van der Waals surface area contributed by atoms with Crippen LogP contribution in [0.1, 0.15) is 37.0 Å². The maximum absolute atomic E-state index is 12.5. The summed E-state index contributed by atoms with van der Waals surface area (Å²) in [7, 11) is 0. The van der Waals surface area contributed by atoms with E-state index in [-0.39, 0.29) is 6.61 Å². The Morgan fingerprint density at radius 2 is 1.89 bits per heavy atom. The summed E-state index contributed by atoms with van der Waals surface area (Å²) in [6, 6.07) is 11.2. The SMILES string of the molecule is CCCCOC(=O)Nc1nc2nc(-c3ccccc3)cc(C(=O)OCC)c2s1. The number of amides is 1. The number of hydrogen-bond acceptors (Lipinski definition) is 7. The summed E-state index contributed by atoms with van der Waals surface area (Å²) in [5.74, 6) is -0.451. The minimum Gasteiger partial charge on any atom is -0.462 e. The van der Waals surface area contributed by atoms with Crippen LogP contribution in [-0.4, -0.2) is 35.2 Å². The van der Waals surface area contributed by atoms with Crippen LogP contribution in [0.25, 0.3) is 21.6 Å². The number of nitrogens with zero attached hydrogens (tertiary/aromatic N) is 2. The summed E-state index contributed by atoms with van der Waals surface area (Å²) in [6.45, 7) is 4.37. The van der Waals surface area contributed by atoms with E-state index in [9.17, 15) is 9.59 Å². The molecule has 0 bridgehead atoms. The highest BCUT2D eigenvalue weighted by Gasteiger charge is 2.19. The van der Waals surface area contributed by atoms with Crippen LogP contribution in [0.3, 0.4) is 0 Å². The molecule has 8 heteroatoms. The number of carbonyl (C=O) groups is 2. The zero-order chi connectivity index (χ0) is 19.9. The molecule has 0 aliphatic rings. The van der Waals surface area contributed by atoms with Crippen LogP contribution < -0.4 is 5.32 Å². The fraction of sp³-hybridized carbons (Fsp3) is 0.300. The van der Waals surface area contributed by atoms with Crippen molar-refractivity contribution in [3.8, 4) is 11.3 Å². The molecule has 7 nitrogen and oxygen atoms in total. The number of carbonyl (C=O) groups excluding carboxylic acids is 2. The number of hydrogen-bond donors (Lipinski definition) is 1. The first-order valence-corrected chi connectivity index (χ1v) is 9.92. The molecule has 0 saturated heterocycles. The maximum atomic E-state index is 12.5. The highest BCUT2D eigenvalue weighted by atomic mass is 32.1. The highest BCUT2D eigenvalue weighted by molar-refractivity contribution is 7.22. The Balaban J connectivity index is 1.96. The molecule has 0 aliphatic carbocycles. The second kappa shape index (κ2) is 9.27. The van der Waals surface area contributed by atoms with E-state index in [4.69, 9.17) is 9.47 Å². The lowest BCUT2D eigenvalue weighted by Gasteiger charge is -2.06. The Hall–Kier alpha value is -3.00. The zero-order valence-corrected chi connectivity index (χ0v) is 16.5. The summed E-state index contributed by atoms with van der Waals surface area (Å²) in [6.07, 6.45) is 1.15. The Bertz CT molecular complexity index is 972. The number of ether oxygens (including phenoxy) is 2. The molecule has 0 radical (unpaired) electrons. The molecule has 1 amide bonds. The lowest BCUT2D eigenvalue weighted by atomic mass is 10.1. The van der Waals surface area contributed by atoms with Crippen LogP contribution in [0.4, 0.5) is 9.93 Å². The minimum atomic E-state index is -0.575. The molecule has 0 atom stereocenters. The van der Waals surface area contributed by atoms with E-state index in [1.165, 1.54) is 0 Å². The van der Waals surface area contributed by atoms with Crippen molar-refractivity contribution < 1.29 is 19.1 Å². The number of thiazole rings is 1. The van der Waals surface area contributed by atoms with Crippen molar-refractivity contribution in [2.24, 2.45) is 0 Å². The van der Waals surface area contributed by atoms with Gasteiger partial charge in [0.1, 0.15) is 0 Å². The van der Waals surface area contributed by atoms with E-state index >= 15 is 0 Å². The standard InChI is InChI=1S/C20H21N3O4S/c1-3-5-11-27-20(25)23-19-22-17-16(28-19)14(18(24)26-4-2)12-15(21-17)13-9-7-6-8-10-13/h6-10,12H,3-5,11H2,1-2H3,(H,21,22,23,25). The van der Waals surface area contributed by atoms with Gasteiger partial charge in [0, 0.05) is 5.56 Å². The fourth-order valence-electron chi connectivity index (χ4n) is 2.52. The van der Waals surface area contributed by atoms with Gasteiger partial charge in [0.15, 0.2) is 10.8 Å². The molecule has 146 valence electrons. The Morgan fingerprint density at radius 1 is 1.11 bits per heavy atom. The van der Waals surface area contributed by atoms with Gasteiger partial charge in [0.2, 0.25) is 0 Å². The third kappa shape index (κ3) is 4.64. The third-order valence-electron chi connectivity index (χ3n) is 3.87. The Morgan fingerprint density at radius 3 is 2.61 bits per heavy atom. The molecule has 3 rings (SSSR count). The fourth-order valence-corrected chi connectivity index (χ4v) is 3.41. The van der Waals surface area contributed by atoms with E-state index in [0.717, 1.165) is 29.7 Å². The molecule has 2 aromatic heterocycles. The first-order chi connectivity index (χ1) is 13.6. The van der Waals surface area contributed by atoms with Gasteiger partial charge in [0.05, 0.1) is 29.2 Å². The summed E-state index contributed by atoms with van der Waals surface area (Å²) in [5, 5.41) is 2.92. The molecule has 2 heterocycles. The summed E-state index contributed by atoms with van der Waals surface area (Å²) in [4.78, 5) is 33.3. The quantitative estimate of drug-likeness (QED) is 0.450. The second-order valence-corrected chi connectivity index (χ2v) is 6.93. The van der Waals surface area contributed by atoms with E-state index in [1.807, 2.05) is 37.3 Å². The lowest BCUT2D eigenvalue weighted by molar-refractivity contribution is 0.0529. The molecule has 1 aromatic carbocycles. The van der Waals surface area contributed by atoms with Gasteiger partial charge in [-0.15, -0.1) is 0 Å². The predicted octanol–water partition coefficient (Wildman–Crippen LogP) is 4.88. The van der Waals surface area contributed by atoms with Crippen molar-refractivity contribution in [2.45, 2.75) is 26.7 Å². The summed E-state index contributed by atoms with van der Waals surface area (Å²) in [5.41, 5.74) is 2.21. The topological polar surface area (TPSA) is 90.4 Å². The molecule has 0 unspecified atom stereocenters. The van der Waals surface area contributed by atoms with Crippen LogP contribution in [-0.2, 0) is 9.47 Å². The number of rotatable bonds is 7. The highest BCUT2D eigenvalue weighted by Crippen LogP contribution is 2.32. The van der Waals surface area contributed by atoms with Gasteiger partial charge in [0.25, 0.3) is 0 Å². The molecule has 0 spiro atoms. The molecular formula is C20H21N3O4S. The Kier molecular flexibility index (Phi) is 6.54. The molecule has 0 aliphatic heterocycles. The first kappa shape index (κ1) is 19.8. The number of fused-ring (bicyclic) bond motifs is 1. The number of esters is 1. The smallest absolute Gasteiger partial charge is 0.413 e. The maximum Gasteiger partial charge on any atom is 0.413 e. The normalized spacial score (nSPS) is 10.6. The average Bonchev–Trinajstić information content (AvgIpc) is 3.10. The van der Waals surface area contributed by atoms with Crippen molar-refractivity contribution in [2.75, 3.05) is 18.5 Å². The largest absolute Gasteiger partial charge is 0.462 e. The molecule has 0 fully saturated rings. The van der Waals surface area contributed by atoms with Crippen LogP contribution >= 0.6 is 11.3 Å². The summed E-state index contributed by atoms with van der Waals surface area (Å²) < 4.78 is 10.8. The first-order valence-electron chi connectivity index (χ1n) is 9.10. The number of anilines is 1. The average molecular weight is 399 g/mol. The predicted molar refractivity (Wildman–Crippen MR) is 109 cm³/mol. The number of pyridine rings is 1. The van der Waals surface area contributed by atoms with Crippen molar-refractivity contribution in [1.82, 2.24) is 9.97 Å². The van der Waals surface area contributed by atoms with Gasteiger partial charge in [-0.1, -0.05) is 55.0 Å². The second-order valence-electron chi connectivity index (χ2n) is 5.93. The van der Waals surface area contributed by atoms with Gasteiger partial charge in [-0.3, -0.25) is 5.32 Å². The van der Waals surface area contributed by atoms with Gasteiger partial charge in [-0.25, -0.2) is 14.6 Å². The zero-order valence-electron chi connectivity index (χ0n) is 15.7. The van der Waals surface area contributed by atoms with Crippen LogP contribution in [0.5, 0.6) is 0 Å². The van der Waals surface area contributed by atoms with Gasteiger partial charge in [-0.2, -0.15) is 4.98 Å². The third-order valence-corrected chi connectivity index (χ3v) is 4.86. The number of benzene rings is 1. The van der Waals surface area contributed by atoms with E-state index < -0.39 is 12.1 Å². The lowest BCUT2D eigenvalue weighted by Crippen LogP contribution is -2.14. The molecule has 1 N–H and O–H groups in total. The minimum absolute atomic E-state index is 0.261. The Labute approximate surface area is 166 Å². The molecular weight excluding hydrogens is 378 g/mol. The van der Waals surface area contributed by atoms with E-state index in [2.05, 4.69) is 15.3 Å². The van der Waals surface area contributed by atoms with Crippen LogP contribution in [0.2, 0.25) is 0 Å². The van der Waals surface area contributed by atoms with Crippen molar-refractivity contribution >= 4 is 38.9 Å². The van der Waals surface area contributed by atoms with Crippen molar-refractivity contribution in [3.63, 3.8) is 0 Å². The van der Waals surface area contributed by atoms with Gasteiger partial charge in [-0.05, 0) is 19.4 Å². The van der Waals surface area contributed by atoms with Gasteiger partial charge >= 0.3 is 12.1 Å². The summed E-state index contributed by atoms with van der Waals surface area (Å²) >= 11 is 1.16. The monoisotopic (exact) mass is 399 g/mol. The van der Waals surface area contributed by atoms with Gasteiger partial charge < -0.3 is 9.47 Å². The van der Waals surface area contributed by atoms with Crippen molar-refractivity contribution in [1.29, 1.82) is 0 Å². The number of aromatic nitrogens is 2. The molecule has 0 saturated carbocycles. The number of nitrogens with one attached hydrogen (secondary N) is 1. The van der Waals surface area contributed by atoms with Crippen molar-refractivity contribution in [3.05, 3.63) is 42.0 Å². The van der Waals surface area contributed by atoms with Crippen LogP contribution in [0, 0.1) is 0 Å².